The second kappa shape index (κ2) is 4.97. The predicted molar refractivity (Wildman–Crippen MR) is 56.0 cm³/mol. The van der Waals surface area contributed by atoms with Crippen molar-refractivity contribution in [2.75, 3.05) is 26.3 Å². The highest BCUT2D eigenvalue weighted by molar-refractivity contribution is 4.81. The summed E-state index contributed by atoms with van der Waals surface area (Å²) in [6, 6.07) is 0. The van der Waals surface area contributed by atoms with Gasteiger partial charge in [-0.3, -0.25) is 4.90 Å². The van der Waals surface area contributed by atoms with Crippen LogP contribution in [0.25, 0.3) is 0 Å². The molecule has 13 heavy (non-hydrogen) atoms. The van der Waals surface area contributed by atoms with Gasteiger partial charge in [0.15, 0.2) is 0 Å². The molecule has 0 aliphatic carbocycles. The van der Waals surface area contributed by atoms with Gasteiger partial charge in [-0.2, -0.15) is 0 Å². The maximum absolute atomic E-state index is 5.46. The third-order valence-electron chi connectivity index (χ3n) is 2.94. The zero-order chi connectivity index (χ0) is 9.73. The van der Waals surface area contributed by atoms with E-state index in [0.29, 0.717) is 5.54 Å². The van der Waals surface area contributed by atoms with Crippen molar-refractivity contribution in [3.05, 3.63) is 0 Å². The largest absolute Gasteiger partial charge is 0.380 e. The van der Waals surface area contributed by atoms with Crippen LogP contribution >= 0.6 is 0 Å². The van der Waals surface area contributed by atoms with E-state index in [1.165, 1.54) is 25.8 Å². The standard InChI is InChI=1S/C11H23NO/c1-4-6-11(2,3)12-7-5-9-13-10-8-12/h4-10H2,1-3H3. The van der Waals surface area contributed by atoms with Gasteiger partial charge in [0.25, 0.3) is 0 Å². The van der Waals surface area contributed by atoms with Crippen molar-refractivity contribution in [2.45, 2.75) is 45.6 Å². The van der Waals surface area contributed by atoms with Crippen molar-refractivity contribution in [3.8, 4) is 0 Å². The first-order chi connectivity index (χ1) is 6.17. The summed E-state index contributed by atoms with van der Waals surface area (Å²) in [5.41, 5.74) is 0.364. The van der Waals surface area contributed by atoms with Crippen LogP contribution in [-0.4, -0.2) is 36.7 Å². The fourth-order valence-corrected chi connectivity index (χ4v) is 2.12. The number of hydrogen-bond donors (Lipinski definition) is 0. The topological polar surface area (TPSA) is 12.5 Å². The van der Waals surface area contributed by atoms with Gasteiger partial charge in [0, 0.05) is 25.2 Å². The van der Waals surface area contributed by atoms with E-state index in [0.717, 1.165) is 19.8 Å². The van der Waals surface area contributed by atoms with E-state index in [4.69, 9.17) is 4.74 Å². The molecule has 0 spiro atoms. The first-order valence-corrected chi connectivity index (χ1v) is 5.49. The van der Waals surface area contributed by atoms with Crippen LogP contribution in [0.2, 0.25) is 0 Å². The molecule has 2 heteroatoms. The number of nitrogens with zero attached hydrogens (tertiary/aromatic N) is 1. The Morgan fingerprint density at radius 2 is 2.00 bits per heavy atom. The lowest BCUT2D eigenvalue weighted by Gasteiger charge is -2.37. The summed E-state index contributed by atoms with van der Waals surface area (Å²) in [5.74, 6) is 0. The third-order valence-corrected chi connectivity index (χ3v) is 2.94. The lowest BCUT2D eigenvalue weighted by molar-refractivity contribution is 0.0942. The molecule has 0 saturated carbocycles. The first-order valence-electron chi connectivity index (χ1n) is 5.49. The lowest BCUT2D eigenvalue weighted by atomic mass is 9.96. The van der Waals surface area contributed by atoms with Crippen molar-refractivity contribution < 1.29 is 4.74 Å². The van der Waals surface area contributed by atoms with E-state index in [1.807, 2.05) is 0 Å². The maximum Gasteiger partial charge on any atom is 0.0593 e. The Balaban J connectivity index is 2.46. The minimum atomic E-state index is 0.364. The fraction of sp³-hybridized carbons (Fsp3) is 1.00. The van der Waals surface area contributed by atoms with Crippen molar-refractivity contribution >= 4 is 0 Å². The van der Waals surface area contributed by atoms with Crippen LogP contribution in [0.1, 0.15) is 40.0 Å². The zero-order valence-corrected chi connectivity index (χ0v) is 9.31. The molecule has 0 atom stereocenters. The molecule has 0 bridgehead atoms. The summed E-state index contributed by atoms with van der Waals surface area (Å²) in [5, 5.41) is 0. The molecule has 0 unspecified atom stereocenters. The molecule has 1 heterocycles. The molecule has 0 aromatic heterocycles. The van der Waals surface area contributed by atoms with Gasteiger partial charge in [0.2, 0.25) is 0 Å². The highest BCUT2D eigenvalue weighted by atomic mass is 16.5. The van der Waals surface area contributed by atoms with E-state index in [9.17, 15) is 0 Å². The first kappa shape index (κ1) is 11.0. The van der Waals surface area contributed by atoms with Gasteiger partial charge in [0.05, 0.1) is 6.61 Å². The molecule has 1 aliphatic heterocycles. The molecule has 2 nitrogen and oxygen atoms in total. The van der Waals surface area contributed by atoms with Gasteiger partial charge in [-0.05, 0) is 26.7 Å². The van der Waals surface area contributed by atoms with E-state index in [2.05, 4.69) is 25.7 Å². The van der Waals surface area contributed by atoms with Gasteiger partial charge in [-0.1, -0.05) is 13.3 Å². The average molecular weight is 185 g/mol. The highest BCUT2D eigenvalue weighted by Crippen LogP contribution is 2.21. The van der Waals surface area contributed by atoms with Crippen molar-refractivity contribution in [1.29, 1.82) is 0 Å². The molecule has 0 radical (unpaired) electrons. The Morgan fingerprint density at radius 3 is 2.69 bits per heavy atom. The summed E-state index contributed by atoms with van der Waals surface area (Å²) >= 11 is 0. The highest BCUT2D eigenvalue weighted by Gasteiger charge is 2.25. The number of rotatable bonds is 3. The van der Waals surface area contributed by atoms with E-state index >= 15 is 0 Å². The Hall–Kier alpha value is -0.0800. The molecule has 0 N–H and O–H groups in total. The second-order valence-electron chi connectivity index (χ2n) is 4.52. The summed E-state index contributed by atoms with van der Waals surface area (Å²) < 4.78 is 5.46. The molecule has 0 aromatic carbocycles. The van der Waals surface area contributed by atoms with Crippen LogP contribution in [0.4, 0.5) is 0 Å². The van der Waals surface area contributed by atoms with E-state index < -0.39 is 0 Å². The Morgan fingerprint density at radius 1 is 1.23 bits per heavy atom. The van der Waals surface area contributed by atoms with E-state index in [-0.39, 0.29) is 0 Å². The van der Waals surface area contributed by atoms with Crippen molar-refractivity contribution in [2.24, 2.45) is 0 Å². The van der Waals surface area contributed by atoms with Crippen LogP contribution in [0, 0.1) is 0 Å². The van der Waals surface area contributed by atoms with Gasteiger partial charge in [-0.15, -0.1) is 0 Å². The number of ether oxygens (including phenoxy) is 1. The summed E-state index contributed by atoms with van der Waals surface area (Å²) in [6.07, 6.45) is 3.74. The summed E-state index contributed by atoms with van der Waals surface area (Å²) in [7, 11) is 0. The normalized spacial score (nSPS) is 21.5. The molecule has 1 saturated heterocycles. The molecule has 1 rings (SSSR count). The van der Waals surface area contributed by atoms with Crippen LogP contribution in [0.15, 0.2) is 0 Å². The number of hydrogen-bond acceptors (Lipinski definition) is 2. The van der Waals surface area contributed by atoms with Gasteiger partial charge in [-0.25, -0.2) is 0 Å². The van der Waals surface area contributed by atoms with Gasteiger partial charge < -0.3 is 4.74 Å². The van der Waals surface area contributed by atoms with Crippen LogP contribution in [-0.2, 0) is 4.74 Å². The molecule has 1 aliphatic rings. The predicted octanol–water partition coefficient (Wildman–Crippen LogP) is 2.29. The smallest absolute Gasteiger partial charge is 0.0593 e. The van der Waals surface area contributed by atoms with Crippen molar-refractivity contribution in [3.63, 3.8) is 0 Å². The van der Waals surface area contributed by atoms with Crippen LogP contribution < -0.4 is 0 Å². The van der Waals surface area contributed by atoms with Gasteiger partial charge in [0.1, 0.15) is 0 Å². The minimum Gasteiger partial charge on any atom is -0.380 e. The summed E-state index contributed by atoms with van der Waals surface area (Å²) in [4.78, 5) is 2.57. The van der Waals surface area contributed by atoms with E-state index in [1.54, 1.807) is 0 Å². The van der Waals surface area contributed by atoms with Crippen LogP contribution in [0.3, 0.4) is 0 Å². The van der Waals surface area contributed by atoms with Crippen molar-refractivity contribution in [1.82, 2.24) is 4.90 Å². The lowest BCUT2D eigenvalue weighted by Crippen LogP contribution is -2.45. The molecular weight excluding hydrogens is 162 g/mol. The third kappa shape index (κ3) is 3.28. The Kier molecular flexibility index (Phi) is 4.20. The maximum atomic E-state index is 5.46. The Labute approximate surface area is 82.3 Å². The average Bonchev–Trinajstić information content (AvgIpc) is 2.31. The second-order valence-corrected chi connectivity index (χ2v) is 4.52. The molecule has 0 amide bonds. The quantitative estimate of drug-likeness (QED) is 0.669. The molecular formula is C11H23NO. The Bertz CT molecular complexity index is 137. The van der Waals surface area contributed by atoms with Gasteiger partial charge >= 0.3 is 0 Å². The molecule has 78 valence electrons. The molecule has 1 fully saturated rings. The minimum absolute atomic E-state index is 0.364. The summed E-state index contributed by atoms with van der Waals surface area (Å²) in [6.45, 7) is 11.1. The SMILES string of the molecule is CCCC(C)(C)N1CCCOCC1. The molecule has 0 aromatic rings. The zero-order valence-electron chi connectivity index (χ0n) is 9.31. The fourth-order valence-electron chi connectivity index (χ4n) is 2.12. The van der Waals surface area contributed by atoms with Crippen LogP contribution in [0.5, 0.6) is 0 Å². The monoisotopic (exact) mass is 185 g/mol.